The van der Waals surface area contributed by atoms with Crippen LogP contribution in [0.25, 0.3) is 0 Å². The first-order chi connectivity index (χ1) is 9.56. The van der Waals surface area contributed by atoms with E-state index in [-0.39, 0.29) is 23.7 Å². The molecule has 2 fully saturated rings. The molecule has 2 aliphatic rings. The Kier molecular flexibility index (Phi) is 5.08. The van der Waals surface area contributed by atoms with Gasteiger partial charge in [-0.3, -0.25) is 10.1 Å². The van der Waals surface area contributed by atoms with E-state index in [1.165, 1.54) is 6.42 Å². The van der Waals surface area contributed by atoms with Crippen LogP contribution in [0.2, 0.25) is 0 Å². The molecule has 0 bridgehead atoms. The minimum absolute atomic E-state index is 0.00877. The lowest BCUT2D eigenvalue weighted by molar-refractivity contribution is -0.141. The number of hydrogen-bond donors (Lipinski definition) is 1. The number of carbonyl (C=O) groups is 1. The van der Waals surface area contributed by atoms with Gasteiger partial charge in [0.05, 0.1) is 24.4 Å². The molecular weight excluding hydrogens is 252 g/mol. The van der Waals surface area contributed by atoms with E-state index < -0.39 is 0 Å². The summed E-state index contributed by atoms with van der Waals surface area (Å²) in [6.07, 6.45) is 6.73. The molecule has 1 aliphatic carbocycles. The highest BCUT2D eigenvalue weighted by Crippen LogP contribution is 2.37. The second-order valence-electron chi connectivity index (χ2n) is 6.54. The summed E-state index contributed by atoms with van der Waals surface area (Å²) in [5.74, 6) is 0.674. The van der Waals surface area contributed by atoms with Crippen molar-refractivity contribution >= 4 is 5.91 Å². The van der Waals surface area contributed by atoms with Crippen molar-refractivity contribution < 1.29 is 9.53 Å². The van der Waals surface area contributed by atoms with E-state index in [2.05, 4.69) is 31.0 Å². The predicted molar refractivity (Wildman–Crippen MR) is 80.4 cm³/mol. The van der Waals surface area contributed by atoms with E-state index in [1.54, 1.807) is 7.11 Å². The molecule has 1 heterocycles. The topological polar surface area (TPSA) is 41.6 Å². The molecule has 0 aromatic heterocycles. The van der Waals surface area contributed by atoms with Gasteiger partial charge >= 0.3 is 0 Å². The van der Waals surface area contributed by atoms with Crippen LogP contribution < -0.4 is 5.32 Å². The Morgan fingerprint density at radius 1 is 1.45 bits per heavy atom. The summed E-state index contributed by atoms with van der Waals surface area (Å²) in [6.45, 7) is 7.25. The Labute approximate surface area is 123 Å². The molecule has 20 heavy (non-hydrogen) atoms. The molecule has 1 saturated heterocycles. The van der Waals surface area contributed by atoms with Gasteiger partial charge in [-0.05, 0) is 31.6 Å². The van der Waals surface area contributed by atoms with Crippen LogP contribution in [0, 0.1) is 5.92 Å². The van der Waals surface area contributed by atoms with Gasteiger partial charge in [0.15, 0.2) is 0 Å². The van der Waals surface area contributed by atoms with Crippen molar-refractivity contribution in [3.8, 4) is 0 Å². The van der Waals surface area contributed by atoms with Crippen LogP contribution in [0.15, 0.2) is 0 Å². The molecule has 3 unspecified atom stereocenters. The van der Waals surface area contributed by atoms with Crippen LogP contribution in [-0.2, 0) is 9.53 Å². The van der Waals surface area contributed by atoms with Crippen LogP contribution in [0.3, 0.4) is 0 Å². The van der Waals surface area contributed by atoms with Crippen molar-refractivity contribution in [2.24, 2.45) is 5.92 Å². The van der Waals surface area contributed by atoms with Crippen molar-refractivity contribution in [3.05, 3.63) is 0 Å². The third kappa shape index (κ3) is 2.86. The van der Waals surface area contributed by atoms with Crippen molar-refractivity contribution in [3.63, 3.8) is 0 Å². The highest BCUT2D eigenvalue weighted by molar-refractivity contribution is 5.84. The summed E-state index contributed by atoms with van der Waals surface area (Å²) >= 11 is 0. The number of nitrogens with one attached hydrogen (secondary N) is 1. The van der Waals surface area contributed by atoms with Gasteiger partial charge in [-0.1, -0.05) is 33.6 Å². The van der Waals surface area contributed by atoms with E-state index >= 15 is 0 Å². The zero-order valence-electron chi connectivity index (χ0n) is 13.4. The first-order valence-electron chi connectivity index (χ1n) is 8.18. The number of rotatable bonds is 7. The smallest absolute Gasteiger partial charge is 0.241 e. The fourth-order valence-electron chi connectivity index (χ4n) is 3.35. The Morgan fingerprint density at radius 3 is 2.60 bits per heavy atom. The fourth-order valence-corrected chi connectivity index (χ4v) is 3.35. The van der Waals surface area contributed by atoms with Crippen LogP contribution in [0.5, 0.6) is 0 Å². The summed E-state index contributed by atoms with van der Waals surface area (Å²) in [7, 11) is 1.79. The molecule has 0 spiro atoms. The SMILES string of the molecule is CCCC1NC(C(C)CC)C(=O)N1CC1(OC)CCC1. The number of nitrogens with zero attached hydrogens (tertiary/aromatic N) is 1. The van der Waals surface area contributed by atoms with Crippen LogP contribution in [-0.4, -0.2) is 42.3 Å². The number of methoxy groups -OCH3 is 1. The van der Waals surface area contributed by atoms with Crippen LogP contribution in [0.4, 0.5) is 0 Å². The Bertz CT molecular complexity index is 336. The van der Waals surface area contributed by atoms with Crippen molar-refractivity contribution in [2.75, 3.05) is 13.7 Å². The molecule has 116 valence electrons. The molecule has 1 amide bonds. The van der Waals surface area contributed by atoms with Gasteiger partial charge in [0.1, 0.15) is 0 Å². The zero-order valence-corrected chi connectivity index (χ0v) is 13.4. The molecule has 4 heteroatoms. The molecule has 0 radical (unpaired) electrons. The largest absolute Gasteiger partial charge is 0.376 e. The molecular formula is C16H30N2O2. The van der Waals surface area contributed by atoms with E-state index in [0.717, 1.165) is 38.6 Å². The predicted octanol–water partition coefficient (Wildman–Crippen LogP) is 2.53. The van der Waals surface area contributed by atoms with E-state index in [0.29, 0.717) is 5.92 Å². The van der Waals surface area contributed by atoms with Gasteiger partial charge in [-0.25, -0.2) is 0 Å². The lowest BCUT2D eigenvalue weighted by Gasteiger charge is -2.44. The van der Waals surface area contributed by atoms with Gasteiger partial charge < -0.3 is 9.64 Å². The minimum atomic E-state index is -0.0757. The maximum absolute atomic E-state index is 12.7. The molecule has 1 saturated carbocycles. The standard InChI is InChI=1S/C16H30N2O2/c1-5-8-13-17-14(12(3)6-2)15(19)18(13)11-16(20-4)9-7-10-16/h12-14,17H,5-11H2,1-4H3. The highest BCUT2D eigenvalue weighted by Gasteiger charge is 2.46. The second kappa shape index (κ2) is 6.44. The molecule has 0 aromatic rings. The van der Waals surface area contributed by atoms with Crippen LogP contribution >= 0.6 is 0 Å². The molecule has 1 aliphatic heterocycles. The number of carbonyl (C=O) groups excluding carboxylic acids is 1. The van der Waals surface area contributed by atoms with Gasteiger partial charge in [-0.15, -0.1) is 0 Å². The second-order valence-corrected chi connectivity index (χ2v) is 6.54. The third-order valence-electron chi connectivity index (χ3n) is 5.23. The zero-order chi connectivity index (χ0) is 14.8. The van der Waals surface area contributed by atoms with Crippen molar-refractivity contribution in [1.29, 1.82) is 0 Å². The van der Waals surface area contributed by atoms with Gasteiger partial charge in [0.25, 0.3) is 0 Å². The molecule has 2 rings (SSSR count). The average Bonchev–Trinajstić information content (AvgIpc) is 2.71. The Balaban J connectivity index is 2.09. The molecule has 3 atom stereocenters. The molecule has 1 N–H and O–H groups in total. The first-order valence-corrected chi connectivity index (χ1v) is 8.18. The maximum atomic E-state index is 12.7. The maximum Gasteiger partial charge on any atom is 0.241 e. The molecule has 4 nitrogen and oxygen atoms in total. The average molecular weight is 282 g/mol. The van der Waals surface area contributed by atoms with E-state index in [4.69, 9.17) is 4.74 Å². The minimum Gasteiger partial charge on any atom is -0.376 e. The highest BCUT2D eigenvalue weighted by atomic mass is 16.5. The van der Waals surface area contributed by atoms with Gasteiger partial charge in [0, 0.05) is 7.11 Å². The summed E-state index contributed by atoms with van der Waals surface area (Å²) in [5.41, 5.74) is -0.0757. The normalized spacial score (nSPS) is 30.4. The van der Waals surface area contributed by atoms with E-state index in [1.807, 2.05) is 0 Å². The molecule has 0 aromatic carbocycles. The van der Waals surface area contributed by atoms with E-state index in [9.17, 15) is 4.79 Å². The summed E-state index contributed by atoms with van der Waals surface area (Å²) in [4.78, 5) is 14.8. The Morgan fingerprint density at radius 2 is 2.15 bits per heavy atom. The van der Waals surface area contributed by atoms with Gasteiger partial charge in [-0.2, -0.15) is 0 Å². The third-order valence-corrected chi connectivity index (χ3v) is 5.23. The first kappa shape index (κ1) is 15.8. The lowest BCUT2D eigenvalue weighted by Crippen LogP contribution is -2.53. The monoisotopic (exact) mass is 282 g/mol. The summed E-state index contributed by atoms with van der Waals surface area (Å²) in [5, 5.41) is 3.56. The summed E-state index contributed by atoms with van der Waals surface area (Å²) < 4.78 is 5.71. The number of ether oxygens (including phenoxy) is 1. The number of amides is 1. The summed E-state index contributed by atoms with van der Waals surface area (Å²) in [6, 6.07) is -0.00877. The fraction of sp³-hybridized carbons (Fsp3) is 0.938. The Hall–Kier alpha value is -0.610. The van der Waals surface area contributed by atoms with Crippen molar-refractivity contribution in [2.45, 2.75) is 77.1 Å². The van der Waals surface area contributed by atoms with Crippen molar-refractivity contribution in [1.82, 2.24) is 10.2 Å². The quantitative estimate of drug-likeness (QED) is 0.780. The lowest BCUT2D eigenvalue weighted by atomic mass is 9.79. The van der Waals surface area contributed by atoms with Crippen LogP contribution in [0.1, 0.15) is 59.3 Å². The number of hydrogen-bond acceptors (Lipinski definition) is 3. The van der Waals surface area contributed by atoms with Gasteiger partial charge in [0.2, 0.25) is 5.91 Å².